The van der Waals surface area contributed by atoms with Crippen LogP contribution in [0.5, 0.6) is 0 Å². The number of nitrogens with one attached hydrogen (secondary N) is 1. The van der Waals surface area contributed by atoms with Crippen molar-refractivity contribution in [3.8, 4) is 0 Å². The Morgan fingerprint density at radius 1 is 1.23 bits per heavy atom. The minimum Gasteiger partial charge on any atom is -0.449 e. The van der Waals surface area contributed by atoms with Crippen molar-refractivity contribution < 1.29 is 27.1 Å². The number of alkyl carbamates (subject to hydrolysis) is 1. The molecule has 5 nitrogen and oxygen atoms in total. The topological polar surface area (TPSA) is 67.6 Å². The van der Waals surface area contributed by atoms with Crippen LogP contribution in [0.25, 0.3) is 0 Å². The monoisotopic (exact) mass is 379 g/mol. The van der Waals surface area contributed by atoms with Crippen LogP contribution in [0, 0.1) is 17.8 Å². The minimum absolute atomic E-state index is 0.140. The second kappa shape index (κ2) is 6.90. The van der Waals surface area contributed by atoms with Crippen LogP contribution in [-0.4, -0.2) is 36.6 Å². The maximum Gasteiger partial charge on any atom is 0.412 e. The zero-order valence-electron chi connectivity index (χ0n) is 14.7. The van der Waals surface area contributed by atoms with E-state index in [1.165, 1.54) is 5.01 Å². The smallest absolute Gasteiger partial charge is 0.412 e. The number of alkyl halides is 4. The number of nitrogens with two attached hydrogens (primary N) is 1. The number of ether oxygens (including phenoxy) is 1. The van der Waals surface area contributed by atoms with Gasteiger partial charge in [0, 0.05) is 26.3 Å². The van der Waals surface area contributed by atoms with Gasteiger partial charge in [0.05, 0.1) is 5.92 Å². The van der Waals surface area contributed by atoms with Crippen molar-refractivity contribution in [1.82, 2.24) is 10.3 Å². The molecule has 0 radical (unpaired) electrons. The molecule has 0 aromatic rings. The predicted octanol–water partition coefficient (Wildman–Crippen LogP) is 3.62. The van der Waals surface area contributed by atoms with Gasteiger partial charge in [-0.15, -0.1) is 0 Å². The van der Waals surface area contributed by atoms with E-state index in [0.717, 1.165) is 24.8 Å². The van der Waals surface area contributed by atoms with Crippen molar-refractivity contribution in [2.75, 3.05) is 13.7 Å². The molecule has 3 fully saturated rings. The summed E-state index contributed by atoms with van der Waals surface area (Å²) in [4.78, 5) is 12.0. The number of hydrazine groups is 1. The van der Waals surface area contributed by atoms with Crippen molar-refractivity contribution >= 4 is 6.09 Å². The van der Waals surface area contributed by atoms with Crippen LogP contribution in [0.15, 0.2) is 11.4 Å². The third-order valence-electron chi connectivity index (χ3n) is 5.53. The highest BCUT2D eigenvalue weighted by molar-refractivity contribution is 5.69. The molecule has 1 atom stereocenters. The molecular formula is C17H25F4N3O2. The molecule has 0 aliphatic heterocycles. The molecule has 9 heteroatoms. The molecule has 0 bridgehead atoms. The molecule has 0 aromatic carbocycles. The van der Waals surface area contributed by atoms with Crippen molar-refractivity contribution in [2.45, 2.75) is 56.8 Å². The van der Waals surface area contributed by atoms with Crippen molar-refractivity contribution in [1.29, 1.82) is 0 Å². The molecule has 148 valence electrons. The van der Waals surface area contributed by atoms with E-state index >= 15 is 0 Å². The van der Waals surface area contributed by atoms with E-state index in [2.05, 4.69) is 5.32 Å². The van der Waals surface area contributed by atoms with Crippen molar-refractivity contribution in [2.24, 2.45) is 23.6 Å². The number of allylic oxidation sites excluding steroid dienone is 1. The van der Waals surface area contributed by atoms with Gasteiger partial charge < -0.3 is 4.74 Å². The van der Waals surface area contributed by atoms with E-state index in [-0.39, 0.29) is 37.7 Å². The molecule has 26 heavy (non-hydrogen) atoms. The fraction of sp³-hybridized carbons (Fsp3) is 0.824. The summed E-state index contributed by atoms with van der Waals surface area (Å²) in [6.45, 7) is -0.353. The van der Waals surface area contributed by atoms with Gasteiger partial charge in [-0.1, -0.05) is 6.42 Å². The van der Waals surface area contributed by atoms with Gasteiger partial charge in [-0.3, -0.25) is 10.3 Å². The Balaban J connectivity index is 1.63. The van der Waals surface area contributed by atoms with Crippen LogP contribution < -0.4 is 11.2 Å². The molecule has 0 aromatic heterocycles. The van der Waals surface area contributed by atoms with E-state index in [9.17, 15) is 22.4 Å². The number of carbonyl (C=O) groups excluding carboxylic acids is 1. The third-order valence-corrected chi connectivity index (χ3v) is 5.53. The van der Waals surface area contributed by atoms with Crippen LogP contribution >= 0.6 is 0 Å². The SMILES string of the molecule is CN(N)/C(NC(=O)OC[C@@H]1CC1(F)F)=C(\CC1CC(F)(F)C1)C1CCC1. The average molecular weight is 379 g/mol. The lowest BCUT2D eigenvalue weighted by Gasteiger charge is -2.39. The Kier molecular flexibility index (Phi) is 5.11. The van der Waals surface area contributed by atoms with Crippen LogP contribution in [0.4, 0.5) is 22.4 Å². The Bertz CT molecular complexity index is 583. The molecule has 0 spiro atoms. The summed E-state index contributed by atoms with van der Waals surface area (Å²) >= 11 is 0. The van der Waals surface area contributed by atoms with Crippen molar-refractivity contribution in [3.63, 3.8) is 0 Å². The fourth-order valence-corrected chi connectivity index (χ4v) is 3.61. The second-order valence-electron chi connectivity index (χ2n) is 7.83. The molecule has 0 saturated heterocycles. The Labute approximate surface area is 149 Å². The van der Waals surface area contributed by atoms with Crippen LogP contribution in [0.2, 0.25) is 0 Å². The maximum absolute atomic E-state index is 13.1. The Morgan fingerprint density at radius 2 is 1.85 bits per heavy atom. The first-order chi connectivity index (χ1) is 12.1. The van der Waals surface area contributed by atoms with E-state index in [0.29, 0.717) is 12.2 Å². The average Bonchev–Trinajstić information content (AvgIpc) is 3.05. The van der Waals surface area contributed by atoms with E-state index in [1.807, 2.05) is 0 Å². The summed E-state index contributed by atoms with van der Waals surface area (Å²) in [5.74, 6) is -0.0669. The van der Waals surface area contributed by atoms with E-state index in [4.69, 9.17) is 10.6 Å². The highest BCUT2D eigenvalue weighted by Gasteiger charge is 2.57. The predicted molar refractivity (Wildman–Crippen MR) is 86.1 cm³/mol. The van der Waals surface area contributed by atoms with Gasteiger partial charge >= 0.3 is 6.09 Å². The zero-order valence-corrected chi connectivity index (χ0v) is 14.7. The number of hydrogen-bond acceptors (Lipinski definition) is 4. The maximum atomic E-state index is 13.1. The lowest BCUT2D eigenvalue weighted by atomic mass is 9.71. The molecular weight excluding hydrogens is 354 g/mol. The minimum atomic E-state index is -2.75. The molecule has 3 aliphatic carbocycles. The Morgan fingerprint density at radius 3 is 2.27 bits per heavy atom. The molecule has 0 heterocycles. The third kappa shape index (κ3) is 4.42. The van der Waals surface area contributed by atoms with Gasteiger partial charge in [0.15, 0.2) is 0 Å². The summed E-state index contributed by atoms with van der Waals surface area (Å²) in [6.07, 6.45) is 1.87. The van der Waals surface area contributed by atoms with Crippen molar-refractivity contribution in [3.05, 3.63) is 11.4 Å². The molecule has 3 saturated carbocycles. The van der Waals surface area contributed by atoms with Gasteiger partial charge in [-0.25, -0.2) is 28.2 Å². The summed E-state index contributed by atoms with van der Waals surface area (Å²) in [5, 5.41) is 3.77. The first kappa shape index (κ1) is 19.3. The van der Waals surface area contributed by atoms with Gasteiger partial charge in [0.1, 0.15) is 12.4 Å². The molecule has 1 amide bonds. The van der Waals surface area contributed by atoms with Gasteiger partial charge in [0.2, 0.25) is 5.92 Å². The highest BCUT2D eigenvalue weighted by Crippen LogP contribution is 2.49. The zero-order chi connectivity index (χ0) is 19.1. The molecule has 3 N–H and O–H groups in total. The first-order valence-corrected chi connectivity index (χ1v) is 8.98. The van der Waals surface area contributed by atoms with Crippen LogP contribution in [-0.2, 0) is 4.74 Å². The van der Waals surface area contributed by atoms with Crippen LogP contribution in [0.3, 0.4) is 0 Å². The molecule has 3 rings (SSSR count). The van der Waals surface area contributed by atoms with E-state index < -0.39 is 23.9 Å². The molecule has 0 unspecified atom stereocenters. The quantitative estimate of drug-likeness (QED) is 0.403. The number of carbonyl (C=O) groups is 1. The first-order valence-electron chi connectivity index (χ1n) is 8.98. The van der Waals surface area contributed by atoms with E-state index in [1.54, 1.807) is 7.05 Å². The highest BCUT2D eigenvalue weighted by atomic mass is 19.3. The normalized spacial score (nSPS) is 27.7. The van der Waals surface area contributed by atoms with Crippen LogP contribution in [0.1, 0.15) is 44.9 Å². The summed E-state index contributed by atoms with van der Waals surface area (Å²) in [5.41, 5.74) is 0.843. The largest absolute Gasteiger partial charge is 0.449 e. The fourth-order valence-electron chi connectivity index (χ4n) is 3.61. The summed E-state index contributed by atoms with van der Waals surface area (Å²) in [6, 6.07) is 0. The Hall–Kier alpha value is -1.51. The van der Waals surface area contributed by atoms with Gasteiger partial charge in [-0.05, 0) is 36.7 Å². The number of hydrogen-bond donors (Lipinski definition) is 2. The lowest BCUT2D eigenvalue weighted by Crippen LogP contribution is -2.42. The number of rotatable bonds is 7. The van der Waals surface area contributed by atoms with Gasteiger partial charge in [0.25, 0.3) is 5.92 Å². The standard InChI is InChI=1S/C17H25F4N3O2/c1-24(22)14(23-15(25)26-9-12-8-17(12,20)21)13(11-3-2-4-11)5-10-6-16(18,19)7-10/h10-12H,2-9,22H2,1H3,(H,23,25)/b14-13+/t12-/m0/s1. The summed E-state index contributed by atoms with van der Waals surface area (Å²) in [7, 11) is 1.54. The number of nitrogens with zero attached hydrogens (tertiary/aromatic N) is 1. The molecule has 3 aliphatic rings. The van der Waals surface area contributed by atoms with Gasteiger partial charge in [-0.2, -0.15) is 0 Å². The lowest BCUT2D eigenvalue weighted by molar-refractivity contribution is -0.110. The summed E-state index contributed by atoms with van der Waals surface area (Å²) < 4.78 is 56.9. The number of amides is 1. The number of halogens is 4. The second-order valence-corrected chi connectivity index (χ2v) is 7.83.